The number of nitrogen functional groups attached to an aromatic ring is 1. The highest BCUT2D eigenvalue weighted by atomic mass is 16.6. The molecule has 1 rings (SSSR count). The molecule has 0 aromatic heterocycles. The summed E-state index contributed by atoms with van der Waals surface area (Å²) in [7, 11) is 0. The van der Waals surface area contributed by atoms with Crippen LogP contribution in [-0.2, 0) is 9.53 Å². The van der Waals surface area contributed by atoms with E-state index in [1.807, 2.05) is 0 Å². The van der Waals surface area contributed by atoms with Crippen LogP contribution in [0.4, 0.5) is 5.69 Å². The molecule has 0 radical (unpaired) electrons. The fraction of sp³-hybridized carbons (Fsp3) is 0.231. The zero-order valence-corrected chi connectivity index (χ0v) is 10.6. The normalized spacial score (nSPS) is 10.6. The summed E-state index contributed by atoms with van der Waals surface area (Å²) in [6.45, 7) is 4.87. The molecular weight excluding hydrogens is 250 g/mol. The van der Waals surface area contributed by atoms with E-state index in [0.717, 1.165) is 6.08 Å². The number of rotatable bonds is 4. The average molecular weight is 267 g/mol. The number of hydrogen-bond donors (Lipinski definition) is 3. The fourth-order valence-electron chi connectivity index (χ4n) is 0.957. The predicted molar refractivity (Wildman–Crippen MR) is 70.4 cm³/mol. The van der Waals surface area contributed by atoms with Gasteiger partial charge in [0.1, 0.15) is 0 Å². The maximum atomic E-state index is 10.3. The smallest absolute Gasteiger partial charge is 0.337 e. The molecule has 104 valence electrons. The van der Waals surface area contributed by atoms with Gasteiger partial charge >= 0.3 is 11.9 Å². The van der Waals surface area contributed by atoms with Gasteiger partial charge in [-0.25, -0.2) is 9.59 Å². The summed E-state index contributed by atoms with van der Waals surface area (Å²) in [5.74, 6) is -1.58. The first-order valence-electron chi connectivity index (χ1n) is 5.51. The zero-order valence-electron chi connectivity index (χ0n) is 10.6. The van der Waals surface area contributed by atoms with Gasteiger partial charge in [0.15, 0.2) is 0 Å². The summed E-state index contributed by atoms with van der Waals surface area (Å²) in [5.41, 5.74) is 5.80. The molecule has 4 N–H and O–H groups in total. The molecule has 0 aliphatic heterocycles. The second kappa shape index (κ2) is 8.71. The number of esters is 1. The van der Waals surface area contributed by atoms with Gasteiger partial charge in [-0.05, 0) is 12.1 Å². The first-order valence-corrected chi connectivity index (χ1v) is 5.51. The van der Waals surface area contributed by atoms with E-state index in [1.54, 1.807) is 25.1 Å². The molecule has 1 atom stereocenters. The van der Waals surface area contributed by atoms with Crippen molar-refractivity contribution < 1.29 is 24.5 Å². The Morgan fingerprint density at radius 2 is 2.05 bits per heavy atom. The third-order valence-corrected chi connectivity index (χ3v) is 1.96. The first-order chi connectivity index (χ1) is 8.92. The standard InChI is InChI=1S/C7H7NO2.C6H10O3/c8-6-4-2-1-3-5(6)7(9)10;1-3-5(7)9-6(8)4-2/h1-4H,8H2,(H,9,10);3,6,8H,1,4H2,2H3. The van der Waals surface area contributed by atoms with Gasteiger partial charge in [0.2, 0.25) is 6.29 Å². The van der Waals surface area contributed by atoms with Crippen molar-refractivity contribution in [1.29, 1.82) is 0 Å². The number of hydrogen-bond acceptors (Lipinski definition) is 5. The van der Waals surface area contributed by atoms with Gasteiger partial charge in [-0.2, -0.15) is 0 Å². The summed E-state index contributed by atoms with van der Waals surface area (Å²) in [6, 6.07) is 6.36. The van der Waals surface area contributed by atoms with Crippen LogP contribution in [0.1, 0.15) is 23.7 Å². The van der Waals surface area contributed by atoms with Crippen molar-refractivity contribution in [1.82, 2.24) is 0 Å². The van der Waals surface area contributed by atoms with Gasteiger partial charge in [-0.1, -0.05) is 25.6 Å². The van der Waals surface area contributed by atoms with E-state index >= 15 is 0 Å². The average Bonchev–Trinajstić information content (AvgIpc) is 2.39. The third kappa shape index (κ3) is 6.85. The van der Waals surface area contributed by atoms with Crippen LogP contribution in [0.25, 0.3) is 0 Å². The highest BCUT2D eigenvalue weighted by Gasteiger charge is 2.04. The predicted octanol–water partition coefficient (Wildman–Crippen LogP) is 1.41. The Bertz CT molecular complexity index is 444. The van der Waals surface area contributed by atoms with E-state index in [-0.39, 0.29) is 5.56 Å². The van der Waals surface area contributed by atoms with Crippen LogP contribution >= 0.6 is 0 Å². The highest BCUT2D eigenvalue weighted by Crippen LogP contribution is 2.09. The lowest BCUT2D eigenvalue weighted by molar-refractivity contribution is -0.161. The van der Waals surface area contributed by atoms with E-state index in [2.05, 4.69) is 11.3 Å². The number of carboxylic acids is 1. The molecule has 0 amide bonds. The van der Waals surface area contributed by atoms with Gasteiger partial charge in [0, 0.05) is 18.2 Å². The number of aromatic carboxylic acids is 1. The lowest BCUT2D eigenvalue weighted by atomic mass is 10.2. The maximum Gasteiger partial charge on any atom is 0.337 e. The van der Waals surface area contributed by atoms with Crippen molar-refractivity contribution in [3.63, 3.8) is 0 Å². The number of carboxylic acid groups (broad SMARTS) is 1. The molecule has 6 heteroatoms. The number of ether oxygens (including phenoxy) is 1. The van der Waals surface area contributed by atoms with Crippen LogP contribution < -0.4 is 5.73 Å². The third-order valence-electron chi connectivity index (χ3n) is 1.96. The SMILES string of the molecule is C=CC(=O)OC(O)CC.Nc1ccccc1C(=O)O. The van der Waals surface area contributed by atoms with Crippen LogP contribution in [0.15, 0.2) is 36.9 Å². The molecule has 0 saturated heterocycles. The van der Waals surface area contributed by atoms with E-state index < -0.39 is 18.2 Å². The van der Waals surface area contributed by atoms with Gasteiger partial charge in [0.05, 0.1) is 5.56 Å². The molecule has 0 aliphatic carbocycles. The Morgan fingerprint density at radius 1 is 1.47 bits per heavy atom. The maximum absolute atomic E-state index is 10.3. The topological polar surface area (TPSA) is 110 Å². The van der Waals surface area contributed by atoms with E-state index in [0.29, 0.717) is 12.1 Å². The van der Waals surface area contributed by atoms with Crippen molar-refractivity contribution >= 4 is 17.6 Å². The number of carbonyl (C=O) groups excluding carboxylic acids is 1. The number of nitrogens with two attached hydrogens (primary N) is 1. The fourth-order valence-corrected chi connectivity index (χ4v) is 0.957. The van der Waals surface area contributed by atoms with E-state index in [1.165, 1.54) is 6.07 Å². The largest absolute Gasteiger partial charge is 0.478 e. The van der Waals surface area contributed by atoms with Crippen LogP contribution in [0.3, 0.4) is 0 Å². The molecule has 0 bridgehead atoms. The van der Waals surface area contributed by atoms with Crippen LogP contribution in [0.5, 0.6) is 0 Å². The summed E-state index contributed by atoms with van der Waals surface area (Å²) in [6.07, 6.45) is 0.425. The molecule has 0 saturated carbocycles. The van der Waals surface area contributed by atoms with E-state index in [4.69, 9.17) is 15.9 Å². The molecule has 19 heavy (non-hydrogen) atoms. The molecule has 0 aliphatic rings. The van der Waals surface area contributed by atoms with Crippen molar-refractivity contribution in [3.05, 3.63) is 42.5 Å². The summed E-state index contributed by atoms with van der Waals surface area (Å²) < 4.78 is 4.35. The van der Waals surface area contributed by atoms with Crippen molar-refractivity contribution in [2.75, 3.05) is 5.73 Å². The molecule has 0 spiro atoms. The Balaban J connectivity index is 0.000000344. The number of anilines is 1. The first kappa shape index (κ1) is 16.7. The Labute approximate surface area is 111 Å². The summed E-state index contributed by atoms with van der Waals surface area (Å²) >= 11 is 0. The number of carbonyl (C=O) groups is 2. The molecule has 6 nitrogen and oxygen atoms in total. The van der Waals surface area contributed by atoms with Crippen LogP contribution in [0, 0.1) is 0 Å². The van der Waals surface area contributed by atoms with Crippen LogP contribution in [0.2, 0.25) is 0 Å². The van der Waals surface area contributed by atoms with Gasteiger partial charge in [-0.15, -0.1) is 0 Å². The van der Waals surface area contributed by atoms with Crippen molar-refractivity contribution in [3.8, 4) is 0 Å². The second-order valence-electron chi connectivity index (χ2n) is 3.40. The molecule has 0 fully saturated rings. The quantitative estimate of drug-likeness (QED) is 0.329. The van der Waals surface area contributed by atoms with Crippen molar-refractivity contribution in [2.45, 2.75) is 19.6 Å². The Hall–Kier alpha value is -2.34. The second-order valence-corrected chi connectivity index (χ2v) is 3.40. The van der Waals surface area contributed by atoms with Gasteiger partial charge < -0.3 is 20.7 Å². The zero-order chi connectivity index (χ0) is 14.8. The van der Waals surface area contributed by atoms with Crippen molar-refractivity contribution in [2.24, 2.45) is 0 Å². The Kier molecular flexibility index (Phi) is 7.64. The summed E-state index contributed by atoms with van der Waals surface area (Å²) in [5, 5.41) is 17.2. The molecule has 0 heterocycles. The minimum Gasteiger partial charge on any atom is -0.478 e. The monoisotopic (exact) mass is 267 g/mol. The number of benzene rings is 1. The minimum atomic E-state index is -0.990. The lowest BCUT2D eigenvalue weighted by Gasteiger charge is -2.05. The summed E-state index contributed by atoms with van der Waals surface area (Å²) in [4.78, 5) is 20.6. The molecule has 1 unspecified atom stereocenters. The van der Waals surface area contributed by atoms with Gasteiger partial charge in [-0.3, -0.25) is 0 Å². The van der Waals surface area contributed by atoms with E-state index in [9.17, 15) is 9.59 Å². The molecular formula is C13H17NO5. The molecule has 1 aromatic carbocycles. The number of aliphatic hydroxyl groups excluding tert-OH is 1. The number of para-hydroxylation sites is 1. The highest BCUT2D eigenvalue weighted by molar-refractivity contribution is 5.93. The number of aliphatic hydroxyl groups is 1. The minimum absolute atomic E-state index is 0.155. The Morgan fingerprint density at radius 3 is 2.42 bits per heavy atom. The van der Waals surface area contributed by atoms with Crippen LogP contribution in [-0.4, -0.2) is 28.4 Å². The lowest BCUT2D eigenvalue weighted by Crippen LogP contribution is -2.14. The van der Waals surface area contributed by atoms with Gasteiger partial charge in [0.25, 0.3) is 0 Å². The molecule has 1 aromatic rings.